The van der Waals surface area contributed by atoms with Crippen LogP contribution in [0, 0.1) is 13.8 Å². The zero-order valence-corrected chi connectivity index (χ0v) is 15.0. The average Bonchev–Trinajstić information content (AvgIpc) is 2.37. The average molecular weight is 291 g/mol. The Morgan fingerprint density at radius 3 is 2.38 bits per heavy atom. The maximum Gasteiger partial charge on any atom is 0.133 e. The fourth-order valence-corrected chi connectivity index (χ4v) is 2.44. The number of nitrogens with zero attached hydrogens (tertiary/aromatic N) is 2. The van der Waals surface area contributed by atoms with Gasteiger partial charge < -0.3 is 10.2 Å². The molecule has 0 aromatic carbocycles. The Hall–Kier alpha value is -1.09. The Labute approximate surface area is 131 Å². The molecule has 21 heavy (non-hydrogen) atoms. The molecule has 3 heteroatoms. The van der Waals surface area contributed by atoms with Crippen LogP contribution in [-0.4, -0.2) is 23.6 Å². The lowest BCUT2D eigenvalue weighted by Crippen LogP contribution is -2.36. The highest BCUT2D eigenvalue weighted by Crippen LogP contribution is 2.23. The van der Waals surface area contributed by atoms with E-state index >= 15 is 0 Å². The molecule has 1 heterocycles. The van der Waals surface area contributed by atoms with Crippen LogP contribution in [-0.2, 0) is 6.54 Å². The van der Waals surface area contributed by atoms with Crippen molar-refractivity contribution in [2.45, 2.75) is 73.4 Å². The van der Waals surface area contributed by atoms with Crippen molar-refractivity contribution < 1.29 is 0 Å². The molecule has 1 aromatic rings. The number of hydrogen-bond donors (Lipinski definition) is 1. The first-order chi connectivity index (χ1) is 9.78. The zero-order valence-electron chi connectivity index (χ0n) is 15.0. The summed E-state index contributed by atoms with van der Waals surface area (Å²) in [7, 11) is 0. The van der Waals surface area contributed by atoms with E-state index in [2.05, 4.69) is 64.7 Å². The van der Waals surface area contributed by atoms with Crippen LogP contribution in [0.5, 0.6) is 0 Å². The first-order valence-electron chi connectivity index (χ1n) is 8.25. The number of unbranched alkanes of at least 4 members (excludes halogenated alkanes) is 1. The summed E-state index contributed by atoms with van der Waals surface area (Å²) in [6.45, 7) is 18.3. The molecular weight excluding hydrogens is 258 g/mol. The number of rotatable bonds is 7. The summed E-state index contributed by atoms with van der Waals surface area (Å²) in [5.41, 5.74) is 3.91. The lowest BCUT2D eigenvalue weighted by atomic mass is 10.0. The van der Waals surface area contributed by atoms with E-state index in [-0.39, 0.29) is 5.54 Å². The van der Waals surface area contributed by atoms with Crippen LogP contribution in [0.3, 0.4) is 0 Å². The largest absolute Gasteiger partial charge is 0.357 e. The Kier molecular flexibility index (Phi) is 6.66. The molecule has 0 saturated heterocycles. The number of aromatic nitrogens is 1. The van der Waals surface area contributed by atoms with Crippen molar-refractivity contribution in [3.63, 3.8) is 0 Å². The molecule has 0 atom stereocenters. The summed E-state index contributed by atoms with van der Waals surface area (Å²) in [6.07, 6.45) is 2.44. The van der Waals surface area contributed by atoms with Gasteiger partial charge in [-0.1, -0.05) is 13.3 Å². The molecule has 120 valence electrons. The Balaban J connectivity index is 3.09. The molecule has 1 N–H and O–H groups in total. The van der Waals surface area contributed by atoms with Gasteiger partial charge in [0.1, 0.15) is 5.82 Å². The molecule has 0 bridgehead atoms. The first-order valence-corrected chi connectivity index (χ1v) is 8.25. The fourth-order valence-electron chi connectivity index (χ4n) is 2.44. The normalized spacial score (nSPS) is 11.8. The quantitative estimate of drug-likeness (QED) is 0.815. The molecular formula is C18H33N3. The highest BCUT2D eigenvalue weighted by molar-refractivity contribution is 5.51. The molecule has 1 rings (SSSR count). The van der Waals surface area contributed by atoms with Gasteiger partial charge >= 0.3 is 0 Å². The monoisotopic (exact) mass is 291 g/mol. The van der Waals surface area contributed by atoms with Crippen molar-refractivity contribution in [3.8, 4) is 0 Å². The SMILES string of the molecule is CCCCN(CC)c1nc(C)cc(C)c1CNC(C)(C)C. The van der Waals surface area contributed by atoms with Crippen LogP contribution in [0.15, 0.2) is 6.07 Å². The smallest absolute Gasteiger partial charge is 0.133 e. The predicted molar refractivity (Wildman–Crippen MR) is 93.1 cm³/mol. The highest BCUT2D eigenvalue weighted by atomic mass is 15.2. The summed E-state index contributed by atoms with van der Waals surface area (Å²) < 4.78 is 0. The highest BCUT2D eigenvalue weighted by Gasteiger charge is 2.17. The van der Waals surface area contributed by atoms with E-state index in [1.807, 2.05) is 0 Å². The Morgan fingerprint density at radius 1 is 1.19 bits per heavy atom. The van der Waals surface area contributed by atoms with Gasteiger partial charge in [-0.3, -0.25) is 0 Å². The van der Waals surface area contributed by atoms with Crippen LogP contribution in [0.25, 0.3) is 0 Å². The van der Waals surface area contributed by atoms with Gasteiger partial charge in [-0.15, -0.1) is 0 Å². The van der Waals surface area contributed by atoms with Gasteiger partial charge in [0.05, 0.1) is 0 Å². The number of anilines is 1. The summed E-state index contributed by atoms with van der Waals surface area (Å²) in [5.74, 6) is 1.17. The third kappa shape index (κ3) is 5.66. The number of pyridine rings is 1. The number of hydrogen-bond acceptors (Lipinski definition) is 3. The van der Waals surface area contributed by atoms with Crippen LogP contribution in [0.4, 0.5) is 5.82 Å². The van der Waals surface area contributed by atoms with Crippen LogP contribution >= 0.6 is 0 Å². The van der Waals surface area contributed by atoms with Crippen LogP contribution in [0.1, 0.15) is 64.3 Å². The Bertz CT molecular complexity index is 447. The molecule has 0 amide bonds. The second-order valence-corrected chi connectivity index (χ2v) is 6.92. The summed E-state index contributed by atoms with van der Waals surface area (Å²) in [6, 6.07) is 2.19. The number of aryl methyl sites for hydroxylation is 2. The molecule has 0 unspecified atom stereocenters. The van der Waals surface area contributed by atoms with Crippen LogP contribution in [0.2, 0.25) is 0 Å². The minimum Gasteiger partial charge on any atom is -0.357 e. The lowest BCUT2D eigenvalue weighted by molar-refractivity contribution is 0.423. The summed E-state index contributed by atoms with van der Waals surface area (Å²) >= 11 is 0. The predicted octanol–water partition coefficient (Wildman–Crippen LogP) is 4.21. The van der Waals surface area contributed by atoms with Crippen molar-refractivity contribution >= 4 is 5.82 Å². The molecule has 0 saturated carbocycles. The topological polar surface area (TPSA) is 28.2 Å². The summed E-state index contributed by atoms with van der Waals surface area (Å²) in [5, 5.41) is 3.61. The van der Waals surface area contributed by atoms with Gasteiger partial charge in [0.25, 0.3) is 0 Å². The van der Waals surface area contributed by atoms with Gasteiger partial charge in [-0.2, -0.15) is 0 Å². The van der Waals surface area contributed by atoms with E-state index in [1.54, 1.807) is 0 Å². The second kappa shape index (κ2) is 7.79. The second-order valence-electron chi connectivity index (χ2n) is 6.92. The minimum absolute atomic E-state index is 0.120. The maximum absolute atomic E-state index is 4.84. The molecule has 1 aromatic heterocycles. The van der Waals surface area contributed by atoms with Crippen molar-refractivity contribution in [2.75, 3.05) is 18.0 Å². The van der Waals surface area contributed by atoms with E-state index in [4.69, 9.17) is 4.98 Å². The van der Waals surface area contributed by atoms with E-state index < -0.39 is 0 Å². The van der Waals surface area contributed by atoms with E-state index in [0.29, 0.717) is 0 Å². The van der Waals surface area contributed by atoms with E-state index in [9.17, 15) is 0 Å². The van der Waals surface area contributed by atoms with Crippen molar-refractivity contribution in [1.29, 1.82) is 0 Å². The molecule has 0 spiro atoms. The lowest BCUT2D eigenvalue weighted by Gasteiger charge is -2.28. The van der Waals surface area contributed by atoms with Crippen molar-refractivity contribution in [3.05, 3.63) is 22.9 Å². The molecule has 0 aliphatic heterocycles. The fraction of sp³-hybridized carbons (Fsp3) is 0.722. The maximum atomic E-state index is 4.84. The zero-order chi connectivity index (χ0) is 16.0. The number of nitrogens with one attached hydrogen (secondary N) is 1. The third-order valence-corrected chi connectivity index (χ3v) is 3.71. The molecule has 0 radical (unpaired) electrons. The minimum atomic E-state index is 0.120. The van der Waals surface area contributed by atoms with Crippen molar-refractivity contribution in [2.24, 2.45) is 0 Å². The van der Waals surface area contributed by atoms with Gasteiger partial charge in [0.2, 0.25) is 0 Å². The van der Waals surface area contributed by atoms with E-state index in [0.717, 1.165) is 25.3 Å². The van der Waals surface area contributed by atoms with E-state index in [1.165, 1.54) is 29.8 Å². The molecule has 0 aliphatic carbocycles. The first kappa shape index (κ1) is 18.0. The Morgan fingerprint density at radius 2 is 1.86 bits per heavy atom. The summed E-state index contributed by atoms with van der Waals surface area (Å²) in [4.78, 5) is 7.26. The van der Waals surface area contributed by atoms with Gasteiger partial charge in [-0.05, 0) is 59.6 Å². The molecule has 0 aliphatic rings. The van der Waals surface area contributed by atoms with Gasteiger partial charge in [0.15, 0.2) is 0 Å². The van der Waals surface area contributed by atoms with Gasteiger partial charge in [-0.25, -0.2) is 4.98 Å². The molecule has 0 fully saturated rings. The van der Waals surface area contributed by atoms with Crippen molar-refractivity contribution in [1.82, 2.24) is 10.3 Å². The standard InChI is InChI=1S/C18H33N3/c1-8-10-11-21(9-2)17-16(13-19-18(5,6)7)14(3)12-15(4)20-17/h12,19H,8-11,13H2,1-7H3. The van der Waals surface area contributed by atoms with Crippen LogP contribution < -0.4 is 10.2 Å². The molecule has 3 nitrogen and oxygen atoms in total. The van der Waals surface area contributed by atoms with Gasteiger partial charge in [0, 0.05) is 36.4 Å². The third-order valence-electron chi connectivity index (χ3n) is 3.71.